The summed E-state index contributed by atoms with van der Waals surface area (Å²) in [5.41, 5.74) is -0.805. The Hall–Kier alpha value is -2.14. The van der Waals surface area contributed by atoms with Gasteiger partial charge in [0.2, 0.25) is 0 Å². The Labute approximate surface area is 125 Å². The van der Waals surface area contributed by atoms with E-state index in [1.54, 1.807) is 18.2 Å². The number of carbonyl (C=O) groups is 2. The number of benzene rings is 1. The molecule has 1 saturated carbocycles. The van der Waals surface area contributed by atoms with Crippen molar-refractivity contribution in [1.29, 1.82) is 0 Å². The Morgan fingerprint density at radius 1 is 1.24 bits per heavy atom. The Balaban J connectivity index is 1.99. The minimum atomic E-state index is -1.14. The van der Waals surface area contributed by atoms with E-state index in [0.717, 1.165) is 6.42 Å². The van der Waals surface area contributed by atoms with Crippen LogP contribution in [0, 0.1) is 0 Å². The van der Waals surface area contributed by atoms with Crippen LogP contribution >= 0.6 is 11.6 Å². The van der Waals surface area contributed by atoms with Crippen molar-refractivity contribution in [1.82, 2.24) is 10.3 Å². The van der Waals surface area contributed by atoms with Gasteiger partial charge in [0.05, 0.1) is 5.56 Å². The highest BCUT2D eigenvalue weighted by Crippen LogP contribution is 2.33. The van der Waals surface area contributed by atoms with Crippen molar-refractivity contribution >= 4 is 34.2 Å². The molecule has 5 nitrogen and oxygen atoms in total. The number of fused-ring (bicyclic) bond motifs is 1. The van der Waals surface area contributed by atoms with E-state index in [-0.39, 0.29) is 0 Å². The minimum Gasteiger partial charge on any atom is -0.480 e. The lowest BCUT2D eigenvalue weighted by atomic mass is 9.76. The van der Waals surface area contributed by atoms with Crippen LogP contribution < -0.4 is 5.32 Å². The molecular formula is C15H13ClN2O3. The molecule has 1 aliphatic rings. The third-order valence-corrected chi connectivity index (χ3v) is 4.26. The van der Waals surface area contributed by atoms with Crippen LogP contribution in [0.15, 0.2) is 30.5 Å². The Kier molecular flexibility index (Phi) is 3.29. The zero-order chi connectivity index (χ0) is 15.0. The van der Waals surface area contributed by atoms with Gasteiger partial charge in [-0.1, -0.05) is 35.9 Å². The predicted octanol–water partition coefficient (Wildman–Crippen LogP) is 2.63. The van der Waals surface area contributed by atoms with Crippen molar-refractivity contribution in [3.8, 4) is 0 Å². The van der Waals surface area contributed by atoms with E-state index in [9.17, 15) is 14.7 Å². The summed E-state index contributed by atoms with van der Waals surface area (Å²) in [5.74, 6) is -1.43. The molecule has 108 valence electrons. The lowest BCUT2D eigenvalue weighted by Crippen LogP contribution is -2.59. The van der Waals surface area contributed by atoms with E-state index in [1.165, 1.54) is 6.20 Å². The summed E-state index contributed by atoms with van der Waals surface area (Å²) >= 11 is 6.02. The highest BCUT2D eigenvalue weighted by atomic mass is 35.5. The van der Waals surface area contributed by atoms with E-state index in [1.807, 2.05) is 6.07 Å². The number of rotatable bonds is 3. The number of aliphatic carboxylic acids is 1. The number of carbonyl (C=O) groups excluding carboxylic acids is 1. The molecule has 1 aromatic carbocycles. The standard InChI is InChI=1S/C15H13ClN2O3/c16-12-10-5-2-1-4-9(10)11(8-17-12)13(19)18-15(14(20)21)6-3-7-15/h1-2,4-5,8H,3,6-7H2,(H,18,19)(H,20,21). The zero-order valence-corrected chi connectivity index (χ0v) is 11.9. The van der Waals surface area contributed by atoms with E-state index in [2.05, 4.69) is 10.3 Å². The normalized spacial score (nSPS) is 16.2. The van der Waals surface area contributed by atoms with Gasteiger partial charge in [0.25, 0.3) is 5.91 Å². The SMILES string of the molecule is O=C(NC1(C(=O)O)CCC1)c1cnc(Cl)c2ccccc12. The molecule has 2 aromatic rings. The monoisotopic (exact) mass is 304 g/mol. The fraction of sp³-hybridized carbons (Fsp3) is 0.267. The summed E-state index contributed by atoms with van der Waals surface area (Å²) in [7, 11) is 0. The van der Waals surface area contributed by atoms with Gasteiger partial charge in [-0.15, -0.1) is 0 Å². The van der Waals surface area contributed by atoms with Gasteiger partial charge in [-0.3, -0.25) is 4.79 Å². The first-order chi connectivity index (χ1) is 10.0. The zero-order valence-electron chi connectivity index (χ0n) is 11.1. The van der Waals surface area contributed by atoms with Crippen molar-refractivity contribution in [2.45, 2.75) is 24.8 Å². The molecule has 0 unspecified atom stereocenters. The molecule has 0 bridgehead atoms. The van der Waals surface area contributed by atoms with Gasteiger partial charge in [-0.05, 0) is 24.6 Å². The molecule has 0 spiro atoms. The fourth-order valence-corrected chi connectivity index (χ4v) is 2.76. The number of amides is 1. The van der Waals surface area contributed by atoms with Crippen LogP contribution in [-0.4, -0.2) is 27.5 Å². The van der Waals surface area contributed by atoms with Crippen molar-refractivity contribution in [3.05, 3.63) is 41.2 Å². The Bertz CT molecular complexity index is 741. The summed E-state index contributed by atoms with van der Waals surface area (Å²) in [6.45, 7) is 0. The van der Waals surface area contributed by atoms with Gasteiger partial charge >= 0.3 is 5.97 Å². The van der Waals surface area contributed by atoms with Gasteiger partial charge in [0.1, 0.15) is 10.7 Å². The highest BCUT2D eigenvalue weighted by molar-refractivity contribution is 6.34. The highest BCUT2D eigenvalue weighted by Gasteiger charge is 2.45. The van der Waals surface area contributed by atoms with Gasteiger partial charge in [-0.2, -0.15) is 0 Å². The van der Waals surface area contributed by atoms with Gasteiger partial charge < -0.3 is 10.4 Å². The number of nitrogens with zero attached hydrogens (tertiary/aromatic N) is 1. The van der Waals surface area contributed by atoms with E-state index in [4.69, 9.17) is 11.6 Å². The number of carboxylic acid groups (broad SMARTS) is 1. The number of nitrogens with one attached hydrogen (secondary N) is 1. The number of hydrogen-bond acceptors (Lipinski definition) is 3. The number of aromatic nitrogens is 1. The summed E-state index contributed by atoms with van der Waals surface area (Å²) in [6, 6.07) is 7.15. The molecule has 0 radical (unpaired) electrons. The first-order valence-electron chi connectivity index (χ1n) is 6.63. The van der Waals surface area contributed by atoms with E-state index < -0.39 is 17.4 Å². The van der Waals surface area contributed by atoms with Crippen molar-refractivity contribution in [2.24, 2.45) is 0 Å². The van der Waals surface area contributed by atoms with Gasteiger partial charge in [-0.25, -0.2) is 9.78 Å². The van der Waals surface area contributed by atoms with Crippen LogP contribution in [0.5, 0.6) is 0 Å². The number of hydrogen-bond donors (Lipinski definition) is 2. The van der Waals surface area contributed by atoms with Crippen LogP contribution in [0.2, 0.25) is 5.15 Å². The van der Waals surface area contributed by atoms with E-state index >= 15 is 0 Å². The number of carboxylic acids is 1. The average molecular weight is 305 g/mol. The largest absolute Gasteiger partial charge is 0.480 e. The van der Waals surface area contributed by atoms with Crippen LogP contribution in [0.25, 0.3) is 10.8 Å². The smallest absolute Gasteiger partial charge is 0.329 e. The summed E-state index contributed by atoms with van der Waals surface area (Å²) in [4.78, 5) is 27.8. The average Bonchev–Trinajstić information content (AvgIpc) is 2.43. The molecule has 1 aliphatic carbocycles. The maximum atomic E-state index is 12.4. The third kappa shape index (κ3) is 2.23. The lowest BCUT2D eigenvalue weighted by Gasteiger charge is -2.38. The van der Waals surface area contributed by atoms with Crippen molar-refractivity contribution < 1.29 is 14.7 Å². The van der Waals surface area contributed by atoms with Crippen LogP contribution in [0.3, 0.4) is 0 Å². The van der Waals surface area contributed by atoms with Crippen LogP contribution in [0.1, 0.15) is 29.6 Å². The molecular weight excluding hydrogens is 292 g/mol. The molecule has 21 heavy (non-hydrogen) atoms. The third-order valence-electron chi connectivity index (χ3n) is 3.96. The summed E-state index contributed by atoms with van der Waals surface area (Å²) in [6.07, 6.45) is 3.08. The Morgan fingerprint density at radius 3 is 2.48 bits per heavy atom. The molecule has 1 fully saturated rings. The number of pyridine rings is 1. The lowest BCUT2D eigenvalue weighted by molar-refractivity contribution is -0.148. The van der Waals surface area contributed by atoms with Crippen LogP contribution in [-0.2, 0) is 4.79 Å². The second kappa shape index (κ2) is 5.00. The second-order valence-electron chi connectivity index (χ2n) is 5.20. The maximum Gasteiger partial charge on any atom is 0.329 e. The molecule has 6 heteroatoms. The van der Waals surface area contributed by atoms with E-state index in [0.29, 0.717) is 34.3 Å². The van der Waals surface area contributed by atoms with Gasteiger partial charge in [0.15, 0.2) is 0 Å². The quantitative estimate of drug-likeness (QED) is 0.854. The van der Waals surface area contributed by atoms with Crippen molar-refractivity contribution in [3.63, 3.8) is 0 Å². The molecule has 1 amide bonds. The first kappa shape index (κ1) is 13.8. The molecule has 0 aliphatic heterocycles. The summed E-state index contributed by atoms with van der Waals surface area (Å²) in [5, 5.41) is 13.6. The predicted molar refractivity (Wildman–Crippen MR) is 78.4 cm³/mol. The minimum absolute atomic E-state index is 0.318. The van der Waals surface area contributed by atoms with Crippen molar-refractivity contribution in [2.75, 3.05) is 0 Å². The number of halogens is 1. The Morgan fingerprint density at radius 2 is 1.90 bits per heavy atom. The topological polar surface area (TPSA) is 79.3 Å². The van der Waals surface area contributed by atoms with Gasteiger partial charge in [0, 0.05) is 11.6 Å². The fourth-order valence-electron chi connectivity index (χ4n) is 2.55. The molecule has 0 atom stereocenters. The molecule has 0 saturated heterocycles. The first-order valence-corrected chi connectivity index (χ1v) is 7.00. The molecule has 3 rings (SSSR count). The van der Waals surface area contributed by atoms with Crippen LogP contribution in [0.4, 0.5) is 0 Å². The molecule has 2 N–H and O–H groups in total. The molecule has 1 heterocycles. The second-order valence-corrected chi connectivity index (χ2v) is 5.56. The summed E-state index contributed by atoms with van der Waals surface area (Å²) < 4.78 is 0. The maximum absolute atomic E-state index is 12.4. The molecule has 1 aromatic heterocycles.